The van der Waals surface area contributed by atoms with E-state index in [9.17, 15) is 4.79 Å². The van der Waals surface area contributed by atoms with Crippen LogP contribution in [0.15, 0.2) is 0 Å². The van der Waals surface area contributed by atoms with Crippen molar-refractivity contribution in [2.45, 2.75) is 34.6 Å². The van der Waals surface area contributed by atoms with Gasteiger partial charge in [0, 0.05) is 6.61 Å². The van der Waals surface area contributed by atoms with Gasteiger partial charge in [-0.05, 0) is 26.7 Å². The molecule has 0 rings (SSSR count). The Balaban J connectivity index is 3.27. The van der Waals surface area contributed by atoms with Crippen LogP contribution in [0.3, 0.4) is 0 Å². The third-order valence-corrected chi connectivity index (χ3v) is 1.90. The number of esters is 1. The Labute approximate surface area is 105 Å². The van der Waals surface area contributed by atoms with Gasteiger partial charge in [-0.2, -0.15) is 0 Å². The van der Waals surface area contributed by atoms with Crippen LogP contribution < -0.4 is 0 Å². The molecule has 0 aliphatic carbocycles. The van der Waals surface area contributed by atoms with Crippen molar-refractivity contribution in [3.8, 4) is 0 Å². The van der Waals surface area contributed by atoms with Crippen molar-refractivity contribution in [2.75, 3.05) is 33.0 Å². The fourth-order valence-corrected chi connectivity index (χ4v) is 0.949. The average Bonchev–Trinajstić information content (AvgIpc) is 2.19. The highest BCUT2D eigenvalue weighted by atomic mass is 16.6. The van der Waals surface area contributed by atoms with E-state index < -0.39 is 5.41 Å². The van der Waals surface area contributed by atoms with Gasteiger partial charge in [0.2, 0.25) is 0 Å². The fourth-order valence-electron chi connectivity index (χ4n) is 0.949. The highest BCUT2D eigenvalue weighted by Gasteiger charge is 2.22. The minimum absolute atomic E-state index is 0.197. The molecule has 0 spiro atoms. The summed E-state index contributed by atoms with van der Waals surface area (Å²) in [4.78, 5) is 11.4. The van der Waals surface area contributed by atoms with Gasteiger partial charge in [-0.3, -0.25) is 4.79 Å². The second-order valence-corrected chi connectivity index (χ2v) is 5.47. The molecule has 0 amide bonds. The molecule has 0 aromatic heterocycles. The third-order valence-electron chi connectivity index (χ3n) is 1.90. The van der Waals surface area contributed by atoms with Gasteiger partial charge in [-0.1, -0.05) is 13.8 Å². The summed E-state index contributed by atoms with van der Waals surface area (Å²) >= 11 is 0. The van der Waals surface area contributed by atoms with Gasteiger partial charge >= 0.3 is 5.97 Å². The Morgan fingerprint density at radius 1 is 1.00 bits per heavy atom. The second kappa shape index (κ2) is 8.48. The summed E-state index contributed by atoms with van der Waals surface area (Å²) in [5.41, 5.74) is -0.444. The van der Waals surface area contributed by atoms with Crippen LogP contribution in [0.4, 0.5) is 0 Å². The number of carbonyl (C=O) groups is 1. The Morgan fingerprint density at radius 2 is 1.53 bits per heavy atom. The summed E-state index contributed by atoms with van der Waals surface area (Å²) in [5, 5.41) is 0. The van der Waals surface area contributed by atoms with Crippen molar-refractivity contribution in [2.24, 2.45) is 11.3 Å². The number of ether oxygens (including phenoxy) is 3. The van der Waals surface area contributed by atoms with Crippen LogP contribution in [0.1, 0.15) is 34.6 Å². The van der Waals surface area contributed by atoms with Gasteiger partial charge in [0.05, 0.1) is 25.2 Å². The number of rotatable bonds is 8. The minimum atomic E-state index is -0.444. The molecular formula is C13H26O4. The van der Waals surface area contributed by atoms with E-state index in [0.717, 1.165) is 6.61 Å². The van der Waals surface area contributed by atoms with Crippen LogP contribution in [0.25, 0.3) is 0 Å². The number of carbonyl (C=O) groups excluding carboxylic acids is 1. The molecule has 17 heavy (non-hydrogen) atoms. The lowest BCUT2D eigenvalue weighted by Gasteiger charge is -2.16. The van der Waals surface area contributed by atoms with Crippen molar-refractivity contribution in [3.05, 3.63) is 0 Å². The standard InChI is InChI=1S/C13H26O4/c1-11(2)10-16-7-6-15-8-9-17-12(14)13(3,4)5/h11H,6-10H2,1-5H3. The molecule has 4 nitrogen and oxygen atoms in total. The normalized spacial score (nSPS) is 11.9. The molecule has 0 saturated carbocycles. The Hall–Kier alpha value is -0.610. The zero-order valence-corrected chi connectivity index (χ0v) is 11.7. The highest BCUT2D eigenvalue weighted by Crippen LogP contribution is 2.14. The Kier molecular flexibility index (Phi) is 8.17. The highest BCUT2D eigenvalue weighted by molar-refractivity contribution is 5.75. The van der Waals surface area contributed by atoms with E-state index in [1.807, 2.05) is 20.8 Å². The van der Waals surface area contributed by atoms with Gasteiger partial charge in [-0.25, -0.2) is 0 Å². The van der Waals surface area contributed by atoms with E-state index in [4.69, 9.17) is 14.2 Å². The number of hydrogen-bond acceptors (Lipinski definition) is 4. The summed E-state index contributed by atoms with van der Waals surface area (Å²) < 4.78 is 15.7. The molecule has 0 bridgehead atoms. The summed E-state index contributed by atoms with van der Waals surface area (Å²) in [6.45, 7) is 12.3. The minimum Gasteiger partial charge on any atom is -0.463 e. The molecule has 0 aromatic rings. The molecule has 0 fully saturated rings. The van der Waals surface area contributed by atoms with Crippen LogP contribution in [0.2, 0.25) is 0 Å². The molecule has 0 radical (unpaired) electrons. The van der Waals surface area contributed by atoms with Gasteiger partial charge in [0.1, 0.15) is 6.61 Å². The first kappa shape index (κ1) is 16.4. The van der Waals surface area contributed by atoms with Crippen LogP contribution in [-0.2, 0) is 19.0 Å². The second-order valence-electron chi connectivity index (χ2n) is 5.47. The Bertz CT molecular complexity index is 206. The smallest absolute Gasteiger partial charge is 0.311 e. The molecule has 102 valence electrons. The molecule has 0 heterocycles. The first-order chi connectivity index (χ1) is 7.84. The molecular weight excluding hydrogens is 220 g/mol. The lowest BCUT2D eigenvalue weighted by atomic mass is 9.97. The first-order valence-electron chi connectivity index (χ1n) is 6.16. The summed E-state index contributed by atoms with van der Waals surface area (Å²) in [6.07, 6.45) is 0. The first-order valence-corrected chi connectivity index (χ1v) is 6.16. The largest absolute Gasteiger partial charge is 0.463 e. The molecule has 0 atom stereocenters. The SMILES string of the molecule is CC(C)COCCOCCOC(=O)C(C)(C)C. The van der Waals surface area contributed by atoms with Crippen LogP contribution in [-0.4, -0.2) is 39.0 Å². The zero-order chi connectivity index (χ0) is 13.3. The molecule has 0 aliphatic rings. The predicted molar refractivity (Wildman–Crippen MR) is 66.9 cm³/mol. The maximum Gasteiger partial charge on any atom is 0.311 e. The van der Waals surface area contributed by atoms with E-state index >= 15 is 0 Å². The predicted octanol–water partition coefficient (Wildman–Crippen LogP) is 2.26. The monoisotopic (exact) mass is 246 g/mol. The summed E-state index contributed by atoms with van der Waals surface area (Å²) in [5.74, 6) is 0.347. The van der Waals surface area contributed by atoms with E-state index in [1.165, 1.54) is 0 Å². The van der Waals surface area contributed by atoms with Gasteiger partial charge in [0.15, 0.2) is 0 Å². The molecule has 4 heteroatoms. The van der Waals surface area contributed by atoms with Crippen molar-refractivity contribution < 1.29 is 19.0 Å². The lowest BCUT2D eigenvalue weighted by molar-refractivity contribution is -0.154. The lowest BCUT2D eigenvalue weighted by Crippen LogP contribution is -2.24. The van der Waals surface area contributed by atoms with Gasteiger partial charge < -0.3 is 14.2 Å². The molecule has 0 aromatic carbocycles. The topological polar surface area (TPSA) is 44.8 Å². The van der Waals surface area contributed by atoms with E-state index in [-0.39, 0.29) is 5.97 Å². The van der Waals surface area contributed by atoms with Crippen molar-refractivity contribution in [1.82, 2.24) is 0 Å². The van der Waals surface area contributed by atoms with Crippen molar-refractivity contribution >= 4 is 5.97 Å². The molecule has 0 aliphatic heterocycles. The van der Waals surface area contributed by atoms with E-state index in [2.05, 4.69) is 13.8 Å². The van der Waals surface area contributed by atoms with E-state index in [0.29, 0.717) is 32.3 Å². The average molecular weight is 246 g/mol. The van der Waals surface area contributed by atoms with Crippen LogP contribution in [0.5, 0.6) is 0 Å². The van der Waals surface area contributed by atoms with Crippen molar-refractivity contribution in [1.29, 1.82) is 0 Å². The Morgan fingerprint density at radius 3 is 2.06 bits per heavy atom. The van der Waals surface area contributed by atoms with Crippen LogP contribution >= 0.6 is 0 Å². The molecule has 0 saturated heterocycles. The summed E-state index contributed by atoms with van der Waals surface area (Å²) in [7, 11) is 0. The maximum atomic E-state index is 11.4. The van der Waals surface area contributed by atoms with Gasteiger partial charge in [0.25, 0.3) is 0 Å². The molecule has 0 unspecified atom stereocenters. The zero-order valence-electron chi connectivity index (χ0n) is 11.7. The summed E-state index contributed by atoms with van der Waals surface area (Å²) in [6, 6.07) is 0. The maximum absolute atomic E-state index is 11.4. The number of hydrogen-bond donors (Lipinski definition) is 0. The molecule has 0 N–H and O–H groups in total. The van der Waals surface area contributed by atoms with Gasteiger partial charge in [-0.15, -0.1) is 0 Å². The quantitative estimate of drug-likeness (QED) is 0.487. The third kappa shape index (κ3) is 10.3. The van der Waals surface area contributed by atoms with E-state index in [1.54, 1.807) is 0 Å². The van der Waals surface area contributed by atoms with Crippen molar-refractivity contribution in [3.63, 3.8) is 0 Å². The van der Waals surface area contributed by atoms with Crippen LogP contribution in [0, 0.1) is 11.3 Å². The fraction of sp³-hybridized carbons (Fsp3) is 0.923.